The average Bonchev–Trinajstić information content (AvgIpc) is 1.80. The second-order valence-electron chi connectivity index (χ2n) is 2.21. The molecule has 0 aliphatic heterocycles. The van der Waals surface area contributed by atoms with E-state index in [1.165, 1.54) is 4.48 Å². The number of alkyl halides is 1. The Hall–Kier alpha value is 0.440. The highest BCUT2D eigenvalue weighted by atomic mass is 79.9. The first kappa shape index (κ1) is 7.55. The van der Waals surface area contributed by atoms with E-state index >= 15 is 0 Å². The predicted octanol–water partition coefficient (Wildman–Crippen LogP) is 3.23. The van der Waals surface area contributed by atoms with Gasteiger partial charge in [0.15, 0.2) is 0 Å². The molecule has 0 amide bonds. The van der Waals surface area contributed by atoms with Crippen LogP contribution in [0.4, 0.5) is 0 Å². The molecule has 0 aromatic rings. The molecular formula is C7H8Br2. The molecule has 2 unspecified atom stereocenters. The van der Waals surface area contributed by atoms with Crippen LogP contribution in [0.5, 0.6) is 0 Å². The van der Waals surface area contributed by atoms with Gasteiger partial charge >= 0.3 is 0 Å². The molecule has 0 radical (unpaired) electrons. The van der Waals surface area contributed by atoms with Crippen LogP contribution in [-0.2, 0) is 0 Å². The fourth-order valence-corrected chi connectivity index (χ4v) is 1.63. The van der Waals surface area contributed by atoms with Gasteiger partial charge in [0.25, 0.3) is 0 Å². The summed E-state index contributed by atoms with van der Waals surface area (Å²) >= 11 is 6.94. The van der Waals surface area contributed by atoms with Crippen LogP contribution in [0.2, 0.25) is 0 Å². The van der Waals surface area contributed by atoms with Gasteiger partial charge < -0.3 is 0 Å². The molecule has 0 N–H and O–H groups in total. The van der Waals surface area contributed by atoms with E-state index in [4.69, 9.17) is 0 Å². The van der Waals surface area contributed by atoms with E-state index in [0.717, 1.165) is 0 Å². The minimum absolute atomic E-state index is 0.513. The third-order valence-electron chi connectivity index (χ3n) is 1.36. The lowest BCUT2D eigenvalue weighted by Crippen LogP contribution is -2.07. The van der Waals surface area contributed by atoms with Crippen LogP contribution >= 0.6 is 31.9 Å². The van der Waals surface area contributed by atoms with Crippen molar-refractivity contribution < 1.29 is 0 Å². The fraction of sp³-hybridized carbons (Fsp3) is 0.429. The Labute approximate surface area is 72.3 Å². The van der Waals surface area contributed by atoms with Crippen molar-refractivity contribution >= 4 is 31.9 Å². The SMILES string of the molecule is CC1C=C(Br)C=CC1Br. The van der Waals surface area contributed by atoms with E-state index in [2.05, 4.69) is 57.0 Å². The summed E-state index contributed by atoms with van der Waals surface area (Å²) in [5.41, 5.74) is 0. The number of hydrogen-bond acceptors (Lipinski definition) is 0. The minimum atomic E-state index is 0.513. The van der Waals surface area contributed by atoms with Crippen LogP contribution in [0.3, 0.4) is 0 Å². The summed E-state index contributed by atoms with van der Waals surface area (Å²) in [6, 6.07) is 0. The van der Waals surface area contributed by atoms with Crippen molar-refractivity contribution in [3.8, 4) is 0 Å². The van der Waals surface area contributed by atoms with E-state index in [-0.39, 0.29) is 0 Å². The maximum Gasteiger partial charge on any atom is 0.0389 e. The van der Waals surface area contributed by atoms with E-state index in [0.29, 0.717) is 10.7 Å². The van der Waals surface area contributed by atoms with Crippen molar-refractivity contribution in [2.24, 2.45) is 5.92 Å². The predicted molar refractivity (Wildman–Crippen MR) is 48.0 cm³/mol. The molecular weight excluding hydrogens is 244 g/mol. The lowest BCUT2D eigenvalue weighted by atomic mass is 10.0. The first-order valence-corrected chi connectivity index (χ1v) is 4.60. The Bertz CT molecular complexity index is 158. The maximum absolute atomic E-state index is 3.53. The van der Waals surface area contributed by atoms with Gasteiger partial charge in [-0.15, -0.1) is 0 Å². The van der Waals surface area contributed by atoms with Gasteiger partial charge in [0.1, 0.15) is 0 Å². The molecule has 0 aromatic carbocycles. The zero-order chi connectivity index (χ0) is 6.85. The number of allylic oxidation sites excluding steroid dienone is 4. The first-order chi connectivity index (χ1) is 4.20. The summed E-state index contributed by atoms with van der Waals surface area (Å²) in [7, 11) is 0. The van der Waals surface area contributed by atoms with E-state index < -0.39 is 0 Å². The summed E-state index contributed by atoms with van der Waals surface area (Å²) < 4.78 is 1.19. The lowest BCUT2D eigenvalue weighted by Gasteiger charge is -2.14. The zero-order valence-corrected chi connectivity index (χ0v) is 8.31. The molecule has 0 nitrogen and oxygen atoms in total. The van der Waals surface area contributed by atoms with Crippen molar-refractivity contribution in [3.05, 3.63) is 22.7 Å². The van der Waals surface area contributed by atoms with Crippen LogP contribution in [-0.4, -0.2) is 4.83 Å². The van der Waals surface area contributed by atoms with Gasteiger partial charge in [0.2, 0.25) is 0 Å². The van der Waals surface area contributed by atoms with E-state index in [9.17, 15) is 0 Å². The quantitative estimate of drug-likeness (QED) is 0.580. The van der Waals surface area contributed by atoms with Gasteiger partial charge in [0, 0.05) is 9.31 Å². The Morgan fingerprint density at radius 1 is 1.56 bits per heavy atom. The molecule has 1 rings (SSSR count). The smallest absolute Gasteiger partial charge is 0.0389 e. The molecule has 0 fully saturated rings. The fourth-order valence-electron chi connectivity index (χ4n) is 0.758. The molecule has 9 heavy (non-hydrogen) atoms. The molecule has 0 saturated carbocycles. The molecule has 0 bridgehead atoms. The second kappa shape index (κ2) is 3.02. The van der Waals surface area contributed by atoms with Crippen LogP contribution in [0.15, 0.2) is 22.7 Å². The maximum atomic E-state index is 3.53. The topological polar surface area (TPSA) is 0 Å². The molecule has 50 valence electrons. The van der Waals surface area contributed by atoms with Crippen LogP contribution in [0.25, 0.3) is 0 Å². The summed E-state index contributed by atoms with van der Waals surface area (Å²) in [4.78, 5) is 0.513. The number of halogens is 2. The molecule has 1 aliphatic carbocycles. The normalized spacial score (nSPS) is 34.3. The third-order valence-corrected chi connectivity index (χ3v) is 3.03. The van der Waals surface area contributed by atoms with Gasteiger partial charge in [-0.25, -0.2) is 0 Å². The second-order valence-corrected chi connectivity index (χ2v) is 4.19. The standard InChI is InChI=1S/C7H8Br2/c1-5-4-6(8)2-3-7(5)9/h2-5,7H,1H3. The Morgan fingerprint density at radius 3 is 2.67 bits per heavy atom. The van der Waals surface area contributed by atoms with Crippen LogP contribution in [0, 0.1) is 5.92 Å². The lowest BCUT2D eigenvalue weighted by molar-refractivity contribution is 0.761. The molecule has 1 aliphatic rings. The summed E-state index contributed by atoms with van der Waals surface area (Å²) in [6.07, 6.45) is 6.41. The summed E-state index contributed by atoms with van der Waals surface area (Å²) in [6.45, 7) is 2.18. The number of hydrogen-bond donors (Lipinski definition) is 0. The van der Waals surface area contributed by atoms with E-state index in [1.807, 2.05) is 0 Å². The van der Waals surface area contributed by atoms with Gasteiger partial charge in [-0.2, -0.15) is 0 Å². The monoisotopic (exact) mass is 250 g/mol. The highest BCUT2D eigenvalue weighted by Crippen LogP contribution is 2.25. The van der Waals surface area contributed by atoms with Crippen molar-refractivity contribution in [2.45, 2.75) is 11.8 Å². The summed E-state index contributed by atoms with van der Waals surface area (Å²) in [5, 5.41) is 0. The van der Waals surface area contributed by atoms with Crippen molar-refractivity contribution in [1.29, 1.82) is 0 Å². The molecule has 0 spiro atoms. The van der Waals surface area contributed by atoms with Gasteiger partial charge in [-0.3, -0.25) is 0 Å². The largest absolute Gasteiger partial charge is 0.0839 e. The zero-order valence-electron chi connectivity index (χ0n) is 5.14. The minimum Gasteiger partial charge on any atom is -0.0839 e. The van der Waals surface area contributed by atoms with E-state index in [1.54, 1.807) is 0 Å². The van der Waals surface area contributed by atoms with Gasteiger partial charge in [0.05, 0.1) is 0 Å². The average molecular weight is 252 g/mol. The Kier molecular flexibility index (Phi) is 2.53. The first-order valence-electron chi connectivity index (χ1n) is 2.90. The summed E-state index contributed by atoms with van der Waals surface area (Å²) in [5.74, 6) is 0.601. The van der Waals surface area contributed by atoms with Crippen LogP contribution in [0.1, 0.15) is 6.92 Å². The van der Waals surface area contributed by atoms with Gasteiger partial charge in [-0.1, -0.05) is 57.0 Å². The molecule has 0 heterocycles. The molecule has 2 atom stereocenters. The van der Waals surface area contributed by atoms with Crippen molar-refractivity contribution in [3.63, 3.8) is 0 Å². The highest BCUT2D eigenvalue weighted by molar-refractivity contribution is 9.12. The molecule has 0 saturated heterocycles. The Balaban J connectivity index is 2.70. The van der Waals surface area contributed by atoms with Crippen LogP contribution < -0.4 is 0 Å². The highest BCUT2D eigenvalue weighted by Gasteiger charge is 2.11. The van der Waals surface area contributed by atoms with Gasteiger partial charge in [-0.05, 0) is 5.92 Å². The van der Waals surface area contributed by atoms with Crippen molar-refractivity contribution in [1.82, 2.24) is 0 Å². The number of rotatable bonds is 0. The Morgan fingerprint density at radius 2 is 2.22 bits per heavy atom. The van der Waals surface area contributed by atoms with Crippen molar-refractivity contribution in [2.75, 3.05) is 0 Å². The molecule has 2 heteroatoms. The third kappa shape index (κ3) is 1.94. The molecule has 0 aromatic heterocycles.